The van der Waals surface area contributed by atoms with Gasteiger partial charge in [-0.2, -0.15) is 0 Å². The molecule has 0 radical (unpaired) electrons. The maximum Gasteiger partial charge on any atom is 0.119 e. The second kappa shape index (κ2) is 9.03. The van der Waals surface area contributed by atoms with E-state index in [2.05, 4.69) is 0 Å². The summed E-state index contributed by atoms with van der Waals surface area (Å²) in [5, 5.41) is 18.0. The predicted octanol–water partition coefficient (Wildman–Crippen LogP) is 3.63. The van der Waals surface area contributed by atoms with Crippen molar-refractivity contribution in [3.05, 3.63) is 59.2 Å². The standard InChI is InChI=1S/C10H14O2.C8H10O/c1-2-12-10-5-3-9(4-6-10)7-8-11;1-6-3-4-8(9)7(2)5-6/h3-6,11H,2,7-8H2,1H3;3-5,9H,1-2H3/i8D2;. The van der Waals surface area contributed by atoms with Gasteiger partial charge in [-0.05, 0) is 56.5 Å². The van der Waals surface area contributed by atoms with Gasteiger partial charge in [-0.1, -0.05) is 29.8 Å². The molecule has 21 heavy (non-hydrogen) atoms. The van der Waals surface area contributed by atoms with Crippen LogP contribution >= 0.6 is 0 Å². The number of phenolic OH excluding ortho intramolecular Hbond substituents is 1. The zero-order valence-electron chi connectivity index (χ0n) is 14.8. The number of ether oxygens (including phenoxy) is 1. The molecular formula is C18H24O3. The van der Waals surface area contributed by atoms with Crippen molar-refractivity contribution < 1.29 is 17.7 Å². The van der Waals surface area contributed by atoms with Crippen LogP contribution in [0.1, 0.15) is 26.4 Å². The fraction of sp³-hybridized carbons (Fsp3) is 0.333. The molecule has 0 bridgehead atoms. The molecule has 0 fully saturated rings. The van der Waals surface area contributed by atoms with Gasteiger partial charge in [0.2, 0.25) is 0 Å². The van der Waals surface area contributed by atoms with Crippen LogP contribution in [-0.4, -0.2) is 23.4 Å². The average Bonchev–Trinajstić information content (AvgIpc) is 2.45. The Morgan fingerprint density at radius 3 is 2.24 bits per heavy atom. The third-order valence-electron chi connectivity index (χ3n) is 2.87. The summed E-state index contributed by atoms with van der Waals surface area (Å²) in [6.07, 6.45) is -0.000590. The number of aromatic hydroxyl groups is 1. The molecule has 0 saturated heterocycles. The van der Waals surface area contributed by atoms with Crippen LogP contribution in [0.2, 0.25) is 0 Å². The number of benzene rings is 2. The summed E-state index contributed by atoms with van der Waals surface area (Å²) in [6.45, 7) is 4.27. The highest BCUT2D eigenvalue weighted by Gasteiger charge is 1.93. The quantitative estimate of drug-likeness (QED) is 0.904. The van der Waals surface area contributed by atoms with Gasteiger partial charge in [0.25, 0.3) is 0 Å². The summed E-state index contributed by atoms with van der Waals surface area (Å²) in [4.78, 5) is 0. The molecule has 0 amide bonds. The SMILES string of the molecule is Cc1ccc(O)c(C)c1.[2H]C([2H])(O)Cc1ccc(OCC)cc1. The topological polar surface area (TPSA) is 49.7 Å². The van der Waals surface area contributed by atoms with Crippen LogP contribution in [-0.2, 0) is 6.42 Å². The van der Waals surface area contributed by atoms with Gasteiger partial charge >= 0.3 is 0 Å². The maximum absolute atomic E-state index is 9.04. The van der Waals surface area contributed by atoms with Crippen molar-refractivity contribution in [2.24, 2.45) is 0 Å². The zero-order valence-corrected chi connectivity index (χ0v) is 12.8. The van der Waals surface area contributed by atoms with E-state index in [1.807, 2.05) is 32.9 Å². The van der Waals surface area contributed by atoms with Gasteiger partial charge in [0.05, 0.1) is 9.35 Å². The van der Waals surface area contributed by atoms with Gasteiger partial charge in [0, 0.05) is 6.56 Å². The molecule has 0 spiro atoms. The summed E-state index contributed by atoms with van der Waals surface area (Å²) in [5.74, 6) is 1.13. The molecule has 114 valence electrons. The molecule has 3 heteroatoms. The van der Waals surface area contributed by atoms with Crippen LogP contribution in [0.3, 0.4) is 0 Å². The van der Waals surface area contributed by atoms with E-state index in [4.69, 9.17) is 17.7 Å². The molecule has 2 rings (SSSR count). The Balaban J connectivity index is 0.000000253. The first-order chi connectivity index (χ1) is 10.7. The van der Waals surface area contributed by atoms with E-state index in [0.29, 0.717) is 12.4 Å². The highest BCUT2D eigenvalue weighted by Crippen LogP contribution is 2.15. The van der Waals surface area contributed by atoms with Crippen molar-refractivity contribution in [1.29, 1.82) is 0 Å². The first-order valence-corrected chi connectivity index (χ1v) is 6.91. The third-order valence-corrected chi connectivity index (χ3v) is 2.87. The molecule has 0 aliphatic rings. The van der Waals surface area contributed by atoms with Crippen LogP contribution in [0.15, 0.2) is 42.5 Å². The van der Waals surface area contributed by atoms with E-state index in [1.165, 1.54) is 5.56 Å². The number of rotatable bonds is 4. The minimum absolute atomic E-state index is 0.000590. The first-order valence-electron chi connectivity index (χ1n) is 7.91. The fourth-order valence-electron chi connectivity index (χ4n) is 1.77. The molecule has 2 aromatic carbocycles. The lowest BCUT2D eigenvalue weighted by Gasteiger charge is -2.03. The van der Waals surface area contributed by atoms with Crippen LogP contribution in [0.5, 0.6) is 11.5 Å². The lowest BCUT2D eigenvalue weighted by atomic mass is 10.1. The van der Waals surface area contributed by atoms with Gasteiger partial charge in [-0.15, -0.1) is 0 Å². The van der Waals surface area contributed by atoms with Crippen LogP contribution in [0.4, 0.5) is 0 Å². The minimum Gasteiger partial charge on any atom is -0.508 e. The summed E-state index contributed by atoms with van der Waals surface area (Å²) >= 11 is 0. The van der Waals surface area contributed by atoms with Crippen molar-refractivity contribution in [3.8, 4) is 11.5 Å². The molecule has 3 nitrogen and oxygen atoms in total. The lowest BCUT2D eigenvalue weighted by molar-refractivity contribution is 0.299. The molecule has 0 atom stereocenters. The van der Waals surface area contributed by atoms with Gasteiger partial charge < -0.3 is 14.9 Å². The minimum atomic E-state index is -2.15. The number of aryl methyl sites for hydroxylation is 3. The highest BCUT2D eigenvalue weighted by atomic mass is 16.5. The van der Waals surface area contributed by atoms with Crippen molar-refractivity contribution >= 4 is 0 Å². The Hall–Kier alpha value is -2.00. The van der Waals surface area contributed by atoms with Crippen molar-refractivity contribution in [3.63, 3.8) is 0 Å². The molecule has 0 aromatic heterocycles. The first kappa shape index (κ1) is 14.0. The van der Waals surface area contributed by atoms with Crippen molar-refractivity contribution in [1.82, 2.24) is 0 Å². The summed E-state index contributed by atoms with van der Waals surface area (Å²) in [6, 6.07) is 12.6. The van der Waals surface area contributed by atoms with Gasteiger partial charge in [-0.3, -0.25) is 0 Å². The molecule has 2 N–H and O–H groups in total. The van der Waals surface area contributed by atoms with Crippen molar-refractivity contribution in [2.45, 2.75) is 27.2 Å². The fourth-order valence-corrected chi connectivity index (χ4v) is 1.77. The summed E-state index contributed by atoms with van der Waals surface area (Å²) < 4.78 is 19.2. The Kier molecular flexibility index (Phi) is 6.00. The third kappa shape index (κ3) is 6.32. The second-order valence-electron chi connectivity index (χ2n) is 4.70. The van der Waals surface area contributed by atoms with Gasteiger partial charge in [0.1, 0.15) is 11.5 Å². The Labute approximate surface area is 129 Å². The maximum atomic E-state index is 9.04. The van der Waals surface area contributed by atoms with E-state index in [-0.39, 0.29) is 6.42 Å². The normalized spacial score (nSPS) is 11.8. The summed E-state index contributed by atoms with van der Waals surface area (Å²) in [7, 11) is 0. The Morgan fingerprint density at radius 1 is 1.10 bits per heavy atom. The van der Waals surface area contributed by atoms with Gasteiger partial charge in [0.15, 0.2) is 0 Å². The van der Waals surface area contributed by atoms with E-state index in [0.717, 1.165) is 16.9 Å². The molecule has 0 aliphatic heterocycles. The summed E-state index contributed by atoms with van der Waals surface area (Å²) in [5.41, 5.74) is 2.88. The molecule has 0 unspecified atom stereocenters. The lowest BCUT2D eigenvalue weighted by Crippen LogP contribution is -1.93. The molecule has 0 heterocycles. The Bertz CT molecular complexity index is 605. The van der Waals surface area contributed by atoms with E-state index < -0.39 is 6.56 Å². The highest BCUT2D eigenvalue weighted by molar-refractivity contribution is 5.34. The number of phenols is 1. The van der Waals surface area contributed by atoms with Crippen molar-refractivity contribution in [2.75, 3.05) is 13.2 Å². The zero-order chi connectivity index (χ0) is 17.5. The Morgan fingerprint density at radius 2 is 1.76 bits per heavy atom. The van der Waals surface area contributed by atoms with Crippen LogP contribution in [0, 0.1) is 13.8 Å². The molecular weight excluding hydrogens is 264 g/mol. The number of hydrogen-bond donors (Lipinski definition) is 2. The molecule has 0 aliphatic carbocycles. The average molecular weight is 290 g/mol. The second-order valence-corrected chi connectivity index (χ2v) is 4.70. The predicted molar refractivity (Wildman–Crippen MR) is 86.0 cm³/mol. The smallest absolute Gasteiger partial charge is 0.119 e. The van der Waals surface area contributed by atoms with E-state index >= 15 is 0 Å². The molecule has 2 aromatic rings. The van der Waals surface area contributed by atoms with E-state index in [9.17, 15) is 0 Å². The monoisotopic (exact) mass is 290 g/mol. The van der Waals surface area contributed by atoms with Crippen LogP contribution < -0.4 is 4.74 Å². The molecule has 0 saturated carbocycles. The van der Waals surface area contributed by atoms with E-state index in [1.54, 1.807) is 30.3 Å². The van der Waals surface area contributed by atoms with Gasteiger partial charge in [-0.25, -0.2) is 0 Å². The number of hydrogen-bond acceptors (Lipinski definition) is 3. The van der Waals surface area contributed by atoms with Crippen LogP contribution in [0.25, 0.3) is 0 Å². The largest absolute Gasteiger partial charge is 0.508 e. The number of aliphatic hydroxyl groups is 1.